The van der Waals surface area contributed by atoms with Crippen LogP contribution in [0.3, 0.4) is 0 Å². The lowest BCUT2D eigenvalue weighted by atomic mass is 10.1. The molecule has 2 aromatic rings. The van der Waals surface area contributed by atoms with Gasteiger partial charge in [0.25, 0.3) is 5.91 Å². The van der Waals surface area contributed by atoms with Gasteiger partial charge >= 0.3 is 0 Å². The van der Waals surface area contributed by atoms with Crippen molar-refractivity contribution in [2.45, 2.75) is 18.7 Å². The summed E-state index contributed by atoms with van der Waals surface area (Å²) < 4.78 is 10.5. The highest BCUT2D eigenvalue weighted by Crippen LogP contribution is 2.36. The highest BCUT2D eigenvalue weighted by molar-refractivity contribution is 8.00. The molecule has 1 N–H and O–H groups in total. The topological polar surface area (TPSA) is 88.2 Å². The zero-order chi connectivity index (χ0) is 23.3. The molecule has 9 heteroatoms. The Labute approximate surface area is 191 Å². The molecule has 0 bridgehead atoms. The fourth-order valence-electron chi connectivity index (χ4n) is 3.43. The van der Waals surface area contributed by atoms with Gasteiger partial charge in [0.2, 0.25) is 11.8 Å². The Morgan fingerprint density at radius 1 is 1.06 bits per heavy atom. The van der Waals surface area contributed by atoms with Gasteiger partial charge in [-0.3, -0.25) is 14.4 Å². The van der Waals surface area contributed by atoms with Gasteiger partial charge in [-0.15, -0.1) is 11.8 Å². The number of benzene rings is 2. The summed E-state index contributed by atoms with van der Waals surface area (Å²) in [6.07, 6.45) is 0. The van der Waals surface area contributed by atoms with E-state index in [-0.39, 0.29) is 30.0 Å². The van der Waals surface area contributed by atoms with Crippen LogP contribution in [0.15, 0.2) is 41.3 Å². The van der Waals surface area contributed by atoms with E-state index in [4.69, 9.17) is 9.47 Å². The summed E-state index contributed by atoms with van der Waals surface area (Å²) in [4.78, 5) is 42.2. The second kappa shape index (κ2) is 10.4. The second-order valence-corrected chi connectivity index (χ2v) is 8.10. The van der Waals surface area contributed by atoms with E-state index in [9.17, 15) is 14.4 Å². The lowest BCUT2D eigenvalue weighted by molar-refractivity contribution is -0.120. The highest BCUT2D eigenvalue weighted by atomic mass is 32.2. The first-order chi connectivity index (χ1) is 15.4. The molecule has 170 valence electrons. The highest BCUT2D eigenvalue weighted by Gasteiger charge is 2.28. The largest absolute Gasteiger partial charge is 0.497 e. The molecule has 1 heterocycles. The predicted octanol–water partition coefficient (Wildman–Crippen LogP) is 3.26. The first kappa shape index (κ1) is 23.5. The Morgan fingerprint density at radius 3 is 2.31 bits per heavy atom. The summed E-state index contributed by atoms with van der Waals surface area (Å²) in [7, 11) is 3.05. The smallest absolute Gasteiger partial charge is 0.253 e. The third-order valence-electron chi connectivity index (χ3n) is 5.14. The van der Waals surface area contributed by atoms with Crippen LogP contribution in [-0.4, -0.2) is 62.2 Å². The molecular weight excluding hydrogens is 430 g/mol. The first-order valence-electron chi connectivity index (χ1n) is 10.3. The number of methoxy groups -OCH3 is 2. The van der Waals surface area contributed by atoms with Gasteiger partial charge in [-0.1, -0.05) is 0 Å². The Hall–Kier alpha value is -3.20. The van der Waals surface area contributed by atoms with Crippen LogP contribution in [0, 0.1) is 0 Å². The molecular formula is C23H27N3O5S. The number of amides is 3. The zero-order valence-electron chi connectivity index (χ0n) is 18.6. The summed E-state index contributed by atoms with van der Waals surface area (Å²) in [5.41, 5.74) is 1.56. The molecule has 0 aliphatic carbocycles. The molecule has 0 fully saturated rings. The number of fused-ring (bicyclic) bond motifs is 1. The third kappa shape index (κ3) is 5.16. The molecule has 1 aliphatic heterocycles. The molecule has 0 radical (unpaired) electrons. The van der Waals surface area contributed by atoms with E-state index in [1.54, 1.807) is 35.2 Å². The molecule has 1 aliphatic rings. The van der Waals surface area contributed by atoms with E-state index in [0.29, 0.717) is 41.5 Å². The Kier molecular flexibility index (Phi) is 7.63. The van der Waals surface area contributed by atoms with E-state index < -0.39 is 0 Å². The number of hydrogen-bond acceptors (Lipinski definition) is 6. The number of carbonyl (C=O) groups is 3. The minimum atomic E-state index is -0.369. The van der Waals surface area contributed by atoms with Crippen molar-refractivity contribution in [3.63, 3.8) is 0 Å². The molecule has 0 unspecified atom stereocenters. The van der Waals surface area contributed by atoms with Crippen molar-refractivity contribution in [1.82, 2.24) is 4.90 Å². The standard InChI is InChI=1S/C23H27N3O5S/c1-5-25(6-2)23(29)15-7-8-20-19(9-15)26(22(28)14-32-20)13-21(27)24-16-10-17(30-3)12-18(11-16)31-4/h7-12H,5-6,13-14H2,1-4H3,(H,24,27). The van der Waals surface area contributed by atoms with Crippen molar-refractivity contribution in [3.05, 3.63) is 42.0 Å². The summed E-state index contributed by atoms with van der Waals surface area (Å²) in [5.74, 6) is 0.648. The van der Waals surface area contributed by atoms with E-state index in [1.165, 1.54) is 30.9 Å². The quantitative estimate of drug-likeness (QED) is 0.655. The summed E-state index contributed by atoms with van der Waals surface area (Å²) >= 11 is 1.40. The molecule has 2 aromatic carbocycles. The number of rotatable bonds is 8. The van der Waals surface area contributed by atoms with E-state index in [2.05, 4.69) is 5.32 Å². The second-order valence-electron chi connectivity index (χ2n) is 7.08. The molecule has 8 nitrogen and oxygen atoms in total. The van der Waals surface area contributed by atoms with Gasteiger partial charge in [0, 0.05) is 47.4 Å². The van der Waals surface area contributed by atoms with Gasteiger partial charge in [-0.05, 0) is 32.0 Å². The maximum absolute atomic E-state index is 12.8. The van der Waals surface area contributed by atoms with Gasteiger partial charge in [0.05, 0.1) is 25.7 Å². The molecule has 3 rings (SSSR count). The molecule has 0 saturated carbocycles. The maximum Gasteiger partial charge on any atom is 0.253 e. The lowest BCUT2D eigenvalue weighted by Crippen LogP contribution is -2.41. The Morgan fingerprint density at radius 2 is 1.72 bits per heavy atom. The van der Waals surface area contributed by atoms with Crippen molar-refractivity contribution in [3.8, 4) is 11.5 Å². The SMILES string of the molecule is CCN(CC)C(=O)c1ccc2c(c1)N(CC(=O)Nc1cc(OC)cc(OC)c1)C(=O)CS2. The maximum atomic E-state index is 12.8. The van der Waals surface area contributed by atoms with Crippen molar-refractivity contribution in [2.24, 2.45) is 0 Å². The molecule has 0 aromatic heterocycles. The number of ether oxygens (including phenoxy) is 2. The molecule has 0 spiro atoms. The van der Waals surface area contributed by atoms with Crippen LogP contribution in [0.5, 0.6) is 11.5 Å². The summed E-state index contributed by atoms with van der Waals surface area (Å²) in [5, 5.41) is 2.79. The predicted molar refractivity (Wildman–Crippen MR) is 125 cm³/mol. The summed E-state index contributed by atoms with van der Waals surface area (Å²) in [6, 6.07) is 10.3. The van der Waals surface area contributed by atoms with Crippen LogP contribution < -0.4 is 19.7 Å². The first-order valence-corrected chi connectivity index (χ1v) is 11.3. The normalized spacial score (nSPS) is 12.8. The number of nitrogens with zero attached hydrogens (tertiary/aromatic N) is 2. The lowest BCUT2D eigenvalue weighted by Gasteiger charge is -2.29. The van der Waals surface area contributed by atoms with Crippen LogP contribution in [-0.2, 0) is 9.59 Å². The van der Waals surface area contributed by atoms with Crippen molar-refractivity contribution in [1.29, 1.82) is 0 Å². The molecule has 3 amide bonds. The van der Waals surface area contributed by atoms with Crippen LogP contribution in [0.2, 0.25) is 0 Å². The van der Waals surface area contributed by atoms with Crippen LogP contribution >= 0.6 is 11.8 Å². The fourth-order valence-corrected chi connectivity index (χ4v) is 4.34. The monoisotopic (exact) mass is 457 g/mol. The molecule has 0 saturated heterocycles. The zero-order valence-corrected chi connectivity index (χ0v) is 19.5. The minimum absolute atomic E-state index is 0.103. The minimum Gasteiger partial charge on any atom is -0.497 e. The van der Waals surface area contributed by atoms with E-state index in [1.807, 2.05) is 19.9 Å². The average Bonchev–Trinajstić information content (AvgIpc) is 2.80. The van der Waals surface area contributed by atoms with Gasteiger partial charge in [-0.2, -0.15) is 0 Å². The number of carbonyl (C=O) groups excluding carboxylic acids is 3. The number of hydrogen-bond donors (Lipinski definition) is 1. The Balaban J connectivity index is 1.83. The van der Waals surface area contributed by atoms with Crippen molar-refractivity contribution in [2.75, 3.05) is 49.8 Å². The third-order valence-corrected chi connectivity index (χ3v) is 6.18. The van der Waals surface area contributed by atoms with Crippen molar-refractivity contribution >= 4 is 40.9 Å². The van der Waals surface area contributed by atoms with Crippen LogP contribution in [0.1, 0.15) is 24.2 Å². The van der Waals surface area contributed by atoms with Crippen LogP contribution in [0.4, 0.5) is 11.4 Å². The number of anilines is 2. The number of nitrogens with one attached hydrogen (secondary N) is 1. The van der Waals surface area contributed by atoms with Gasteiger partial charge in [-0.25, -0.2) is 0 Å². The van der Waals surface area contributed by atoms with Crippen molar-refractivity contribution < 1.29 is 23.9 Å². The van der Waals surface area contributed by atoms with Crippen LogP contribution in [0.25, 0.3) is 0 Å². The molecule has 0 atom stereocenters. The Bertz CT molecular complexity index is 1000. The fraction of sp³-hybridized carbons (Fsp3) is 0.348. The average molecular weight is 458 g/mol. The number of thioether (sulfide) groups is 1. The van der Waals surface area contributed by atoms with Gasteiger partial charge in [0.1, 0.15) is 18.0 Å². The van der Waals surface area contributed by atoms with E-state index >= 15 is 0 Å². The van der Waals surface area contributed by atoms with Gasteiger partial charge in [0.15, 0.2) is 0 Å². The molecule has 32 heavy (non-hydrogen) atoms. The van der Waals surface area contributed by atoms with E-state index in [0.717, 1.165) is 4.90 Å². The summed E-state index contributed by atoms with van der Waals surface area (Å²) in [6.45, 7) is 4.86. The van der Waals surface area contributed by atoms with Gasteiger partial charge < -0.3 is 24.6 Å².